The van der Waals surface area contributed by atoms with Gasteiger partial charge in [-0.3, -0.25) is 4.98 Å². The Balaban J connectivity index is 1.83. The molecule has 2 N–H and O–H groups in total. The summed E-state index contributed by atoms with van der Waals surface area (Å²) in [5.74, 6) is 1.15. The van der Waals surface area contributed by atoms with Crippen molar-refractivity contribution in [2.75, 3.05) is 6.54 Å². The quantitative estimate of drug-likeness (QED) is 0.827. The van der Waals surface area contributed by atoms with Crippen molar-refractivity contribution in [1.29, 1.82) is 0 Å². The zero-order valence-corrected chi connectivity index (χ0v) is 11.7. The molecule has 0 saturated heterocycles. The van der Waals surface area contributed by atoms with Crippen LogP contribution in [0.15, 0.2) is 24.4 Å². The van der Waals surface area contributed by atoms with Crippen LogP contribution in [0.3, 0.4) is 0 Å². The molecule has 0 aromatic carbocycles. The highest BCUT2D eigenvalue weighted by Gasteiger charge is 2.22. The first kappa shape index (κ1) is 13.8. The first-order valence-corrected chi connectivity index (χ1v) is 7.12. The largest absolute Gasteiger partial charge is 0.338 e. The first-order valence-electron chi connectivity index (χ1n) is 7.12. The van der Waals surface area contributed by atoms with E-state index in [1.807, 2.05) is 18.2 Å². The van der Waals surface area contributed by atoms with Crippen LogP contribution in [0.1, 0.15) is 44.8 Å². The van der Waals surface area contributed by atoms with Gasteiger partial charge in [0.2, 0.25) is 0 Å². The van der Waals surface area contributed by atoms with Crippen LogP contribution in [0.5, 0.6) is 0 Å². The molecule has 0 spiro atoms. The van der Waals surface area contributed by atoms with Crippen molar-refractivity contribution in [3.8, 4) is 0 Å². The molecule has 0 aliphatic heterocycles. The zero-order chi connectivity index (χ0) is 13.7. The van der Waals surface area contributed by atoms with E-state index >= 15 is 0 Å². The number of pyridine rings is 1. The number of rotatable bonds is 6. The molecule has 2 rings (SSSR count). The summed E-state index contributed by atoms with van der Waals surface area (Å²) in [4.78, 5) is 16.2. The molecule has 0 radical (unpaired) electrons. The van der Waals surface area contributed by atoms with E-state index in [2.05, 4.69) is 29.5 Å². The molecule has 2 amide bonds. The molecule has 1 fully saturated rings. The summed E-state index contributed by atoms with van der Waals surface area (Å²) in [6.45, 7) is 4.94. The van der Waals surface area contributed by atoms with Crippen molar-refractivity contribution in [2.24, 2.45) is 11.8 Å². The summed E-state index contributed by atoms with van der Waals surface area (Å²) in [5.41, 5.74) is 0.912. The van der Waals surface area contributed by atoms with Gasteiger partial charge in [-0.1, -0.05) is 32.8 Å². The summed E-state index contributed by atoms with van der Waals surface area (Å²) in [6, 6.07) is 5.66. The fourth-order valence-electron chi connectivity index (χ4n) is 2.13. The zero-order valence-electron chi connectivity index (χ0n) is 11.7. The summed E-state index contributed by atoms with van der Waals surface area (Å²) in [6.07, 6.45) is 5.51. The maximum absolute atomic E-state index is 11.9. The fourth-order valence-corrected chi connectivity index (χ4v) is 2.13. The minimum absolute atomic E-state index is 0.0397. The molecule has 4 nitrogen and oxygen atoms in total. The Bertz CT molecular complexity index is 401. The van der Waals surface area contributed by atoms with Crippen molar-refractivity contribution in [3.05, 3.63) is 30.1 Å². The van der Waals surface area contributed by atoms with Gasteiger partial charge in [-0.2, -0.15) is 0 Å². The normalized spacial score (nSPS) is 16.2. The summed E-state index contributed by atoms with van der Waals surface area (Å²) < 4.78 is 0. The first-order chi connectivity index (χ1) is 9.16. The third-order valence-corrected chi connectivity index (χ3v) is 3.49. The summed E-state index contributed by atoms with van der Waals surface area (Å²) >= 11 is 0. The molecule has 1 saturated carbocycles. The van der Waals surface area contributed by atoms with Gasteiger partial charge in [0.05, 0.1) is 11.7 Å². The summed E-state index contributed by atoms with van der Waals surface area (Å²) in [5, 5.41) is 5.95. The smallest absolute Gasteiger partial charge is 0.315 e. The van der Waals surface area contributed by atoms with E-state index in [1.165, 1.54) is 12.8 Å². The Morgan fingerprint density at radius 3 is 2.79 bits per heavy atom. The molecular weight excluding hydrogens is 238 g/mol. The van der Waals surface area contributed by atoms with Crippen LogP contribution < -0.4 is 10.6 Å². The lowest BCUT2D eigenvalue weighted by atomic mass is 10.0. The molecule has 1 atom stereocenters. The van der Waals surface area contributed by atoms with E-state index in [0.29, 0.717) is 5.92 Å². The average Bonchev–Trinajstić information content (AvgIpc) is 3.21. The SMILES string of the molecule is CC(C)[C@@H](NC(=O)NCCC1CC1)c1ccccn1. The van der Waals surface area contributed by atoms with Crippen molar-refractivity contribution in [2.45, 2.75) is 39.2 Å². The topological polar surface area (TPSA) is 54.0 Å². The summed E-state index contributed by atoms with van der Waals surface area (Å²) in [7, 11) is 0. The van der Waals surface area contributed by atoms with Crippen LogP contribution in [0.4, 0.5) is 4.79 Å². The minimum Gasteiger partial charge on any atom is -0.338 e. The number of carbonyl (C=O) groups excluding carboxylic acids is 1. The van der Waals surface area contributed by atoms with Gasteiger partial charge in [0.25, 0.3) is 0 Å². The second kappa shape index (κ2) is 6.55. The monoisotopic (exact) mass is 261 g/mol. The second-order valence-corrected chi connectivity index (χ2v) is 5.61. The van der Waals surface area contributed by atoms with Crippen LogP contribution in [0.2, 0.25) is 0 Å². The molecule has 1 aromatic heterocycles. The second-order valence-electron chi connectivity index (χ2n) is 5.61. The molecule has 104 valence electrons. The predicted octanol–water partition coefficient (Wildman–Crippen LogP) is 2.88. The molecule has 0 bridgehead atoms. The fraction of sp³-hybridized carbons (Fsp3) is 0.600. The molecule has 1 aromatic rings. The lowest BCUT2D eigenvalue weighted by Gasteiger charge is -2.22. The number of amides is 2. The van der Waals surface area contributed by atoms with E-state index in [4.69, 9.17) is 0 Å². The van der Waals surface area contributed by atoms with Gasteiger partial charge in [-0.25, -0.2) is 4.79 Å². The Hall–Kier alpha value is -1.58. The van der Waals surface area contributed by atoms with Crippen molar-refractivity contribution in [3.63, 3.8) is 0 Å². The predicted molar refractivity (Wildman–Crippen MR) is 75.7 cm³/mol. The molecule has 19 heavy (non-hydrogen) atoms. The number of hydrogen-bond donors (Lipinski definition) is 2. The van der Waals surface area contributed by atoms with Gasteiger partial charge in [0.15, 0.2) is 0 Å². The van der Waals surface area contributed by atoms with E-state index in [-0.39, 0.29) is 12.1 Å². The molecule has 0 unspecified atom stereocenters. The Morgan fingerprint density at radius 2 is 2.21 bits per heavy atom. The molecule has 1 aliphatic rings. The lowest BCUT2D eigenvalue weighted by Crippen LogP contribution is -2.40. The molecule has 4 heteroatoms. The Labute approximate surface area is 115 Å². The highest BCUT2D eigenvalue weighted by atomic mass is 16.2. The van der Waals surface area contributed by atoms with Gasteiger partial charge in [-0.05, 0) is 30.4 Å². The van der Waals surface area contributed by atoms with Crippen LogP contribution in [-0.4, -0.2) is 17.6 Å². The molecule has 1 aliphatic carbocycles. The molecular formula is C15H23N3O. The van der Waals surface area contributed by atoms with Crippen LogP contribution in [0, 0.1) is 11.8 Å². The number of nitrogens with one attached hydrogen (secondary N) is 2. The van der Waals surface area contributed by atoms with E-state index in [1.54, 1.807) is 6.20 Å². The van der Waals surface area contributed by atoms with Crippen LogP contribution >= 0.6 is 0 Å². The molecule has 1 heterocycles. The standard InChI is InChI=1S/C15H23N3O/c1-11(2)14(13-5-3-4-9-16-13)18-15(19)17-10-8-12-6-7-12/h3-5,9,11-12,14H,6-8,10H2,1-2H3,(H2,17,18,19)/t14-/m1/s1. The number of carbonyl (C=O) groups is 1. The number of hydrogen-bond acceptors (Lipinski definition) is 2. The van der Waals surface area contributed by atoms with Gasteiger partial charge < -0.3 is 10.6 Å². The van der Waals surface area contributed by atoms with E-state index in [0.717, 1.165) is 24.6 Å². The van der Waals surface area contributed by atoms with Gasteiger partial charge in [0.1, 0.15) is 0 Å². The van der Waals surface area contributed by atoms with Crippen molar-refractivity contribution in [1.82, 2.24) is 15.6 Å². The van der Waals surface area contributed by atoms with Crippen LogP contribution in [0.25, 0.3) is 0 Å². The van der Waals surface area contributed by atoms with Gasteiger partial charge >= 0.3 is 6.03 Å². The Kier molecular flexibility index (Phi) is 4.77. The maximum atomic E-state index is 11.9. The third-order valence-electron chi connectivity index (χ3n) is 3.49. The Morgan fingerprint density at radius 1 is 1.42 bits per heavy atom. The highest BCUT2D eigenvalue weighted by Crippen LogP contribution is 2.31. The number of nitrogens with zero attached hydrogens (tertiary/aromatic N) is 1. The average molecular weight is 261 g/mol. The number of urea groups is 1. The lowest BCUT2D eigenvalue weighted by molar-refractivity contribution is 0.232. The van der Waals surface area contributed by atoms with E-state index < -0.39 is 0 Å². The maximum Gasteiger partial charge on any atom is 0.315 e. The van der Waals surface area contributed by atoms with Gasteiger partial charge in [-0.15, -0.1) is 0 Å². The number of aromatic nitrogens is 1. The van der Waals surface area contributed by atoms with Crippen molar-refractivity contribution >= 4 is 6.03 Å². The van der Waals surface area contributed by atoms with E-state index in [9.17, 15) is 4.79 Å². The van der Waals surface area contributed by atoms with Crippen LogP contribution in [-0.2, 0) is 0 Å². The highest BCUT2D eigenvalue weighted by molar-refractivity contribution is 5.74. The minimum atomic E-state index is -0.0926. The van der Waals surface area contributed by atoms with Crippen molar-refractivity contribution < 1.29 is 4.79 Å². The third kappa shape index (κ3) is 4.54. The van der Waals surface area contributed by atoms with Gasteiger partial charge in [0, 0.05) is 12.7 Å².